The molecule has 0 aromatic heterocycles. The Morgan fingerprint density at radius 1 is 0.800 bits per heavy atom. The first-order valence-electron chi connectivity index (χ1n) is 9.47. The first kappa shape index (κ1) is 20.8. The van der Waals surface area contributed by atoms with Crippen molar-refractivity contribution in [2.75, 3.05) is 5.32 Å². The second kappa shape index (κ2) is 9.05. The van der Waals surface area contributed by atoms with E-state index in [-0.39, 0.29) is 17.2 Å². The van der Waals surface area contributed by atoms with Crippen LogP contribution >= 0.6 is 0 Å². The highest BCUT2D eigenvalue weighted by atomic mass is 16.3. The van der Waals surface area contributed by atoms with Gasteiger partial charge in [-0.3, -0.25) is 9.59 Å². The minimum Gasteiger partial charge on any atom is -0.507 e. The molecule has 6 heteroatoms. The highest BCUT2D eigenvalue weighted by molar-refractivity contribution is 6.06. The molecule has 3 aromatic carbocycles. The number of hydrazone groups is 1. The number of nitrogens with one attached hydrogen (secondary N) is 2. The fourth-order valence-corrected chi connectivity index (χ4v) is 2.92. The van der Waals surface area contributed by atoms with Crippen LogP contribution in [0, 0.1) is 13.8 Å². The number of rotatable bonds is 5. The van der Waals surface area contributed by atoms with Gasteiger partial charge in [-0.1, -0.05) is 42.5 Å². The Balaban J connectivity index is 1.66. The summed E-state index contributed by atoms with van der Waals surface area (Å²) in [6.45, 7) is 5.37. The van der Waals surface area contributed by atoms with Gasteiger partial charge in [0.25, 0.3) is 11.8 Å². The molecule has 3 aromatic rings. The molecule has 0 bridgehead atoms. The smallest absolute Gasteiger partial charge is 0.275 e. The van der Waals surface area contributed by atoms with Crippen molar-refractivity contribution in [1.82, 2.24) is 5.43 Å². The van der Waals surface area contributed by atoms with Gasteiger partial charge in [0.2, 0.25) is 0 Å². The number of aryl methyl sites for hydroxylation is 2. The van der Waals surface area contributed by atoms with E-state index in [2.05, 4.69) is 15.8 Å². The Labute approximate surface area is 175 Å². The van der Waals surface area contributed by atoms with Gasteiger partial charge in [0.05, 0.1) is 11.3 Å². The van der Waals surface area contributed by atoms with E-state index in [1.807, 2.05) is 37.3 Å². The maximum absolute atomic E-state index is 12.4. The summed E-state index contributed by atoms with van der Waals surface area (Å²) < 4.78 is 0. The third-order valence-electron chi connectivity index (χ3n) is 4.76. The van der Waals surface area contributed by atoms with Crippen molar-refractivity contribution in [3.63, 3.8) is 0 Å². The lowest BCUT2D eigenvalue weighted by molar-refractivity contribution is 0.0951. The predicted molar refractivity (Wildman–Crippen MR) is 118 cm³/mol. The second-order valence-electron chi connectivity index (χ2n) is 6.96. The molecule has 2 amide bonds. The van der Waals surface area contributed by atoms with E-state index in [1.165, 1.54) is 6.07 Å². The molecule has 0 spiro atoms. The van der Waals surface area contributed by atoms with Crippen LogP contribution in [0.3, 0.4) is 0 Å². The predicted octanol–water partition coefficient (Wildman–Crippen LogP) is 4.42. The standard InChI is InChI=1S/C24H23N3O3/c1-15-7-4-5-9-20(15)23(29)25-19-13-11-18(12-14-19)17(3)26-27-24(30)21-10-6-8-16(2)22(21)28/h4-14,28H,1-3H3,(H,25,29)(H,27,30). The molecule has 30 heavy (non-hydrogen) atoms. The van der Waals surface area contributed by atoms with Crippen LogP contribution in [0.5, 0.6) is 5.75 Å². The van der Waals surface area contributed by atoms with Gasteiger partial charge < -0.3 is 10.4 Å². The third-order valence-corrected chi connectivity index (χ3v) is 4.76. The van der Waals surface area contributed by atoms with Gasteiger partial charge in [-0.25, -0.2) is 5.43 Å². The minimum absolute atomic E-state index is 0.0587. The average molecular weight is 401 g/mol. The number of carbonyl (C=O) groups is 2. The van der Waals surface area contributed by atoms with Crippen molar-refractivity contribution in [2.24, 2.45) is 5.10 Å². The lowest BCUT2D eigenvalue weighted by atomic mass is 10.1. The molecule has 3 rings (SSSR count). The van der Waals surface area contributed by atoms with Crippen LogP contribution in [0.1, 0.15) is 44.3 Å². The number of carbonyl (C=O) groups excluding carboxylic acids is 2. The maximum Gasteiger partial charge on any atom is 0.275 e. The molecule has 0 atom stereocenters. The van der Waals surface area contributed by atoms with Crippen LogP contribution in [0.4, 0.5) is 5.69 Å². The van der Waals surface area contributed by atoms with Gasteiger partial charge in [-0.05, 0) is 61.7 Å². The highest BCUT2D eigenvalue weighted by Gasteiger charge is 2.12. The van der Waals surface area contributed by atoms with E-state index in [1.54, 1.807) is 44.2 Å². The number of amides is 2. The summed E-state index contributed by atoms with van der Waals surface area (Å²) in [4.78, 5) is 24.7. The Morgan fingerprint density at radius 2 is 1.43 bits per heavy atom. The summed E-state index contributed by atoms with van der Waals surface area (Å²) in [5, 5.41) is 17.0. The SMILES string of the molecule is CC(=NNC(=O)c1cccc(C)c1O)c1ccc(NC(=O)c2ccccc2C)cc1. The Morgan fingerprint density at radius 3 is 2.13 bits per heavy atom. The first-order chi connectivity index (χ1) is 14.4. The number of nitrogens with zero attached hydrogens (tertiary/aromatic N) is 1. The van der Waals surface area contributed by atoms with E-state index in [9.17, 15) is 14.7 Å². The summed E-state index contributed by atoms with van der Waals surface area (Å²) in [5.74, 6) is -0.717. The number of benzene rings is 3. The summed E-state index contributed by atoms with van der Waals surface area (Å²) in [6, 6.07) is 19.5. The molecule has 0 fully saturated rings. The van der Waals surface area contributed by atoms with Crippen molar-refractivity contribution in [2.45, 2.75) is 20.8 Å². The monoisotopic (exact) mass is 401 g/mol. The van der Waals surface area contributed by atoms with E-state index in [0.717, 1.165) is 11.1 Å². The van der Waals surface area contributed by atoms with Crippen molar-refractivity contribution in [3.8, 4) is 5.75 Å². The average Bonchev–Trinajstić information content (AvgIpc) is 2.74. The summed E-state index contributed by atoms with van der Waals surface area (Å²) in [7, 11) is 0. The number of hydrogen-bond donors (Lipinski definition) is 3. The largest absolute Gasteiger partial charge is 0.507 e. The molecule has 152 valence electrons. The van der Waals surface area contributed by atoms with Gasteiger partial charge in [0.1, 0.15) is 5.75 Å². The van der Waals surface area contributed by atoms with Crippen LogP contribution in [0.25, 0.3) is 0 Å². The summed E-state index contributed by atoms with van der Waals surface area (Å²) >= 11 is 0. The van der Waals surface area contributed by atoms with Crippen LogP contribution < -0.4 is 10.7 Å². The molecule has 0 unspecified atom stereocenters. The summed E-state index contributed by atoms with van der Waals surface area (Å²) in [5.41, 5.74) is 6.82. The van der Waals surface area contributed by atoms with Crippen LogP contribution in [0.15, 0.2) is 71.8 Å². The quantitative estimate of drug-likeness (QED) is 0.437. The van der Waals surface area contributed by atoms with Crippen LogP contribution in [0.2, 0.25) is 0 Å². The first-order valence-corrected chi connectivity index (χ1v) is 9.47. The van der Waals surface area contributed by atoms with E-state index in [0.29, 0.717) is 22.5 Å². The van der Waals surface area contributed by atoms with Crippen molar-refractivity contribution in [3.05, 3.63) is 94.5 Å². The van der Waals surface area contributed by atoms with Gasteiger partial charge in [-0.2, -0.15) is 5.10 Å². The minimum atomic E-state index is -0.488. The highest BCUT2D eigenvalue weighted by Crippen LogP contribution is 2.21. The molecule has 0 saturated heterocycles. The normalized spacial score (nSPS) is 11.1. The lowest BCUT2D eigenvalue weighted by Gasteiger charge is -2.09. The Hall–Kier alpha value is -3.93. The molecule has 0 aliphatic rings. The van der Waals surface area contributed by atoms with Gasteiger partial charge in [0.15, 0.2) is 0 Å². The molecule has 0 aliphatic heterocycles. The summed E-state index contributed by atoms with van der Waals surface area (Å²) in [6.07, 6.45) is 0. The molecule has 6 nitrogen and oxygen atoms in total. The number of aromatic hydroxyl groups is 1. The third kappa shape index (κ3) is 4.72. The van der Waals surface area contributed by atoms with Crippen LogP contribution in [-0.2, 0) is 0 Å². The zero-order valence-electron chi connectivity index (χ0n) is 17.1. The van der Waals surface area contributed by atoms with Gasteiger partial charge >= 0.3 is 0 Å². The van der Waals surface area contributed by atoms with Crippen LogP contribution in [-0.4, -0.2) is 22.6 Å². The Bertz CT molecular complexity index is 1120. The number of anilines is 1. The lowest BCUT2D eigenvalue weighted by Crippen LogP contribution is -2.19. The van der Waals surface area contributed by atoms with Gasteiger partial charge in [0, 0.05) is 11.3 Å². The van der Waals surface area contributed by atoms with Crippen molar-refractivity contribution >= 4 is 23.2 Å². The number of hydrogen-bond acceptors (Lipinski definition) is 4. The fourth-order valence-electron chi connectivity index (χ4n) is 2.92. The number of para-hydroxylation sites is 1. The maximum atomic E-state index is 12.4. The topological polar surface area (TPSA) is 90.8 Å². The molecule has 0 heterocycles. The zero-order valence-corrected chi connectivity index (χ0v) is 17.1. The zero-order chi connectivity index (χ0) is 21.7. The van der Waals surface area contributed by atoms with Crippen molar-refractivity contribution in [1.29, 1.82) is 0 Å². The molecule has 3 N–H and O–H groups in total. The number of phenolic OH excluding ortho intramolecular Hbond substituents is 1. The van der Waals surface area contributed by atoms with E-state index < -0.39 is 5.91 Å². The van der Waals surface area contributed by atoms with E-state index in [4.69, 9.17) is 0 Å². The second-order valence-corrected chi connectivity index (χ2v) is 6.96. The molecule has 0 radical (unpaired) electrons. The molecular weight excluding hydrogens is 378 g/mol. The number of phenols is 1. The Kier molecular flexibility index (Phi) is 6.27. The molecular formula is C24H23N3O3. The van der Waals surface area contributed by atoms with Gasteiger partial charge in [-0.15, -0.1) is 0 Å². The molecule has 0 aliphatic carbocycles. The van der Waals surface area contributed by atoms with Crippen molar-refractivity contribution < 1.29 is 14.7 Å². The molecule has 0 saturated carbocycles. The fraction of sp³-hybridized carbons (Fsp3) is 0.125. The van der Waals surface area contributed by atoms with E-state index >= 15 is 0 Å².